The third-order valence-electron chi connectivity index (χ3n) is 5.86. The molecule has 0 unspecified atom stereocenters. The van der Waals surface area contributed by atoms with Crippen LogP contribution in [0.4, 0.5) is 5.82 Å². The zero-order valence-electron chi connectivity index (χ0n) is 17.3. The zero-order valence-corrected chi connectivity index (χ0v) is 18.1. The average Bonchev–Trinajstić information content (AvgIpc) is 3.14. The molecular weight excluding hydrogens is 396 g/mol. The summed E-state index contributed by atoms with van der Waals surface area (Å²) < 4.78 is 0. The van der Waals surface area contributed by atoms with E-state index in [-0.39, 0.29) is 12.5 Å². The molecule has 2 N–H and O–H groups in total. The fraction of sp³-hybridized carbons (Fsp3) is 0.435. The van der Waals surface area contributed by atoms with E-state index in [0.717, 1.165) is 58.7 Å². The van der Waals surface area contributed by atoms with Gasteiger partial charge in [0.1, 0.15) is 17.0 Å². The molecule has 0 aliphatic carbocycles. The number of likely N-dealkylation sites (tertiary alicyclic amines) is 1. The van der Waals surface area contributed by atoms with Gasteiger partial charge in [-0.3, -0.25) is 4.79 Å². The lowest BCUT2D eigenvalue weighted by Crippen LogP contribution is -2.39. The van der Waals surface area contributed by atoms with Gasteiger partial charge in [0.2, 0.25) is 0 Å². The third kappa shape index (κ3) is 4.47. The first-order chi connectivity index (χ1) is 14.7. The van der Waals surface area contributed by atoms with Crippen LogP contribution in [0.2, 0.25) is 0 Å². The molecule has 158 valence electrons. The van der Waals surface area contributed by atoms with Gasteiger partial charge in [-0.25, -0.2) is 9.97 Å². The third-order valence-corrected chi connectivity index (χ3v) is 7.05. The topological polar surface area (TPSA) is 78.4 Å². The number of nitrogens with one attached hydrogen (secondary N) is 1. The van der Waals surface area contributed by atoms with Gasteiger partial charge in [-0.2, -0.15) is 0 Å². The molecule has 1 amide bonds. The minimum Gasteiger partial charge on any atom is -0.396 e. The molecule has 3 aromatic rings. The number of aliphatic hydroxyl groups excluding tert-OH is 1. The van der Waals surface area contributed by atoms with Crippen LogP contribution in [0.25, 0.3) is 10.2 Å². The maximum atomic E-state index is 13.1. The summed E-state index contributed by atoms with van der Waals surface area (Å²) in [5, 5.41) is 13.7. The lowest BCUT2D eigenvalue weighted by Gasteiger charge is -2.31. The minimum absolute atomic E-state index is 0.0712. The number of hydrogen-bond donors (Lipinski definition) is 2. The number of aromatic nitrogens is 2. The molecule has 1 saturated heterocycles. The fourth-order valence-corrected chi connectivity index (χ4v) is 5.13. The number of benzene rings is 1. The van der Waals surface area contributed by atoms with E-state index in [4.69, 9.17) is 0 Å². The van der Waals surface area contributed by atoms with Crippen molar-refractivity contribution in [2.75, 3.05) is 31.6 Å². The number of nitrogens with zero attached hydrogens (tertiary/aromatic N) is 3. The van der Waals surface area contributed by atoms with Gasteiger partial charge in [0, 0.05) is 26.2 Å². The molecule has 6 nitrogen and oxygen atoms in total. The van der Waals surface area contributed by atoms with E-state index in [1.54, 1.807) is 6.33 Å². The maximum Gasteiger partial charge on any atom is 0.264 e. The number of aryl methyl sites for hydroxylation is 2. The summed E-state index contributed by atoms with van der Waals surface area (Å²) in [5.74, 6) is 1.19. The number of carbonyl (C=O) groups excluding carboxylic acids is 1. The molecule has 3 heterocycles. The SMILES string of the molecule is Cc1c(C(=O)N2CCC(CO)CC2)sc2ncnc(NCCCc3ccccc3)c12. The molecular formula is C23H28N4O2S. The van der Waals surface area contributed by atoms with Gasteiger partial charge in [0.05, 0.1) is 10.3 Å². The summed E-state index contributed by atoms with van der Waals surface area (Å²) in [6.07, 6.45) is 5.31. The van der Waals surface area contributed by atoms with Crippen LogP contribution < -0.4 is 5.32 Å². The fourth-order valence-electron chi connectivity index (χ4n) is 4.02. The van der Waals surface area contributed by atoms with Gasteiger partial charge >= 0.3 is 0 Å². The lowest BCUT2D eigenvalue weighted by atomic mass is 9.97. The summed E-state index contributed by atoms with van der Waals surface area (Å²) in [6.45, 7) is 4.42. The molecule has 30 heavy (non-hydrogen) atoms. The van der Waals surface area contributed by atoms with Crippen molar-refractivity contribution in [3.05, 3.63) is 52.7 Å². The Morgan fingerprint density at radius 2 is 2.00 bits per heavy atom. The van der Waals surface area contributed by atoms with E-state index in [9.17, 15) is 9.90 Å². The van der Waals surface area contributed by atoms with Crippen LogP contribution >= 0.6 is 11.3 Å². The van der Waals surface area contributed by atoms with Crippen molar-refractivity contribution >= 4 is 33.3 Å². The van der Waals surface area contributed by atoms with E-state index >= 15 is 0 Å². The first-order valence-corrected chi connectivity index (χ1v) is 11.4. The van der Waals surface area contributed by atoms with Crippen LogP contribution in [0.15, 0.2) is 36.7 Å². The highest BCUT2D eigenvalue weighted by Gasteiger charge is 2.27. The first kappa shape index (κ1) is 20.8. The number of thiophene rings is 1. The van der Waals surface area contributed by atoms with Crippen LogP contribution in [-0.4, -0.2) is 52.1 Å². The van der Waals surface area contributed by atoms with Crippen LogP contribution in [0, 0.1) is 12.8 Å². The first-order valence-electron chi connectivity index (χ1n) is 10.6. The smallest absolute Gasteiger partial charge is 0.264 e. The zero-order chi connectivity index (χ0) is 20.9. The Bertz CT molecular complexity index is 997. The van der Waals surface area contributed by atoms with Gasteiger partial charge in [0.15, 0.2) is 0 Å². The normalized spacial score (nSPS) is 14.9. The number of hydrogen-bond acceptors (Lipinski definition) is 6. The second-order valence-corrected chi connectivity index (χ2v) is 8.89. The Labute approximate surface area is 181 Å². The predicted molar refractivity (Wildman–Crippen MR) is 121 cm³/mol. The number of fused-ring (bicyclic) bond motifs is 1. The molecule has 2 aromatic heterocycles. The number of piperidine rings is 1. The number of amides is 1. The Balaban J connectivity index is 1.45. The van der Waals surface area contributed by atoms with Crippen LogP contribution in [0.3, 0.4) is 0 Å². The number of anilines is 1. The molecule has 7 heteroatoms. The van der Waals surface area contributed by atoms with Gasteiger partial charge in [-0.1, -0.05) is 30.3 Å². The Hall–Kier alpha value is -2.51. The highest BCUT2D eigenvalue weighted by molar-refractivity contribution is 7.20. The van der Waals surface area contributed by atoms with Crippen LogP contribution in [0.5, 0.6) is 0 Å². The predicted octanol–water partition coefficient (Wildman–Crippen LogP) is 3.89. The second-order valence-electron chi connectivity index (χ2n) is 7.89. The lowest BCUT2D eigenvalue weighted by molar-refractivity contribution is 0.0655. The van der Waals surface area contributed by atoms with Crippen LogP contribution in [-0.2, 0) is 6.42 Å². The molecule has 0 bridgehead atoms. The van der Waals surface area contributed by atoms with E-state index < -0.39 is 0 Å². The summed E-state index contributed by atoms with van der Waals surface area (Å²) in [4.78, 5) is 25.5. The average molecular weight is 425 g/mol. The molecule has 0 atom stereocenters. The second kappa shape index (κ2) is 9.53. The highest BCUT2D eigenvalue weighted by atomic mass is 32.1. The van der Waals surface area contributed by atoms with Crippen molar-refractivity contribution < 1.29 is 9.90 Å². The van der Waals surface area contributed by atoms with E-state index in [1.165, 1.54) is 16.9 Å². The number of rotatable bonds is 7. The highest BCUT2D eigenvalue weighted by Crippen LogP contribution is 2.34. The molecule has 1 aliphatic heterocycles. The molecule has 0 radical (unpaired) electrons. The van der Waals surface area contributed by atoms with Gasteiger partial charge < -0.3 is 15.3 Å². The molecule has 1 fully saturated rings. The Morgan fingerprint density at radius 1 is 1.23 bits per heavy atom. The van der Waals surface area contributed by atoms with E-state index in [2.05, 4.69) is 39.6 Å². The van der Waals surface area contributed by atoms with Crippen molar-refractivity contribution in [3.8, 4) is 0 Å². The van der Waals surface area contributed by atoms with E-state index in [1.807, 2.05) is 17.9 Å². The Morgan fingerprint density at radius 3 is 2.73 bits per heavy atom. The molecule has 4 rings (SSSR count). The summed E-state index contributed by atoms with van der Waals surface area (Å²) >= 11 is 1.45. The van der Waals surface area contributed by atoms with Gasteiger partial charge in [-0.05, 0) is 49.7 Å². The van der Waals surface area contributed by atoms with Crippen LogP contribution in [0.1, 0.15) is 40.1 Å². The number of aliphatic hydroxyl groups is 1. The monoisotopic (exact) mass is 424 g/mol. The van der Waals surface area contributed by atoms with Crippen molar-refractivity contribution in [1.29, 1.82) is 0 Å². The number of carbonyl (C=O) groups is 1. The van der Waals surface area contributed by atoms with Crippen molar-refractivity contribution in [2.45, 2.75) is 32.6 Å². The largest absolute Gasteiger partial charge is 0.396 e. The molecule has 1 aliphatic rings. The van der Waals surface area contributed by atoms with Gasteiger partial charge in [-0.15, -0.1) is 11.3 Å². The van der Waals surface area contributed by atoms with Crippen molar-refractivity contribution in [3.63, 3.8) is 0 Å². The Kier molecular flexibility index (Phi) is 6.59. The molecule has 0 saturated carbocycles. The quantitative estimate of drug-likeness (QED) is 0.563. The van der Waals surface area contributed by atoms with Gasteiger partial charge in [0.25, 0.3) is 5.91 Å². The van der Waals surface area contributed by atoms with E-state index in [0.29, 0.717) is 19.0 Å². The molecule has 1 aromatic carbocycles. The van der Waals surface area contributed by atoms with Crippen molar-refractivity contribution in [2.24, 2.45) is 5.92 Å². The maximum absolute atomic E-state index is 13.1. The summed E-state index contributed by atoms with van der Waals surface area (Å²) in [7, 11) is 0. The molecule has 0 spiro atoms. The standard InChI is InChI=1S/C23H28N4O2S/c1-16-19-21(24-11-5-8-17-6-3-2-4-7-17)25-15-26-22(19)30-20(16)23(29)27-12-9-18(14-28)10-13-27/h2-4,6-7,15,18,28H,5,8-14H2,1H3,(H,24,25,26). The minimum atomic E-state index is 0.0712. The summed E-state index contributed by atoms with van der Waals surface area (Å²) in [6, 6.07) is 10.5. The van der Waals surface area contributed by atoms with Crippen molar-refractivity contribution in [1.82, 2.24) is 14.9 Å². The summed E-state index contributed by atoms with van der Waals surface area (Å²) in [5.41, 5.74) is 2.28.